The average Bonchev–Trinajstić information content (AvgIpc) is 2.54. The van der Waals surface area contributed by atoms with E-state index in [-0.39, 0.29) is 5.91 Å². The molecule has 1 fully saturated rings. The van der Waals surface area contributed by atoms with Gasteiger partial charge >= 0.3 is 0 Å². The number of carbonyl (C=O) groups is 1. The Balaban J connectivity index is 2.28. The van der Waals surface area contributed by atoms with E-state index in [0.29, 0.717) is 29.8 Å². The number of nitrogens with zero attached hydrogens (tertiary/aromatic N) is 2. The molecule has 0 aromatic rings. The van der Waals surface area contributed by atoms with Crippen molar-refractivity contribution in [3.05, 3.63) is 0 Å². The maximum atomic E-state index is 12.0. The SMILES string of the molecule is CN(CCC(N)=S)C(=O)CCN1CCCC(C)(C)CC1. The van der Waals surface area contributed by atoms with Crippen LogP contribution in [0.4, 0.5) is 0 Å². The molecular weight excluding hydrogens is 270 g/mol. The third-order valence-corrected chi connectivity index (χ3v) is 4.40. The van der Waals surface area contributed by atoms with E-state index in [9.17, 15) is 4.79 Å². The van der Waals surface area contributed by atoms with Crippen LogP contribution in [0.2, 0.25) is 0 Å². The fourth-order valence-electron chi connectivity index (χ4n) is 2.55. The molecule has 5 heteroatoms. The minimum atomic E-state index is 0.185. The minimum absolute atomic E-state index is 0.185. The monoisotopic (exact) mass is 299 g/mol. The van der Waals surface area contributed by atoms with Crippen LogP contribution >= 0.6 is 12.2 Å². The second-order valence-electron chi connectivity index (χ2n) is 6.64. The van der Waals surface area contributed by atoms with E-state index in [0.717, 1.165) is 19.6 Å². The van der Waals surface area contributed by atoms with Crippen LogP contribution in [0.25, 0.3) is 0 Å². The van der Waals surface area contributed by atoms with Crippen molar-refractivity contribution < 1.29 is 4.79 Å². The molecule has 0 aromatic carbocycles. The zero-order valence-corrected chi connectivity index (χ0v) is 14.0. The van der Waals surface area contributed by atoms with E-state index < -0.39 is 0 Å². The van der Waals surface area contributed by atoms with Crippen LogP contribution in [0.3, 0.4) is 0 Å². The van der Waals surface area contributed by atoms with E-state index in [1.54, 1.807) is 4.90 Å². The summed E-state index contributed by atoms with van der Waals surface area (Å²) in [4.78, 5) is 16.7. The van der Waals surface area contributed by atoms with Crippen molar-refractivity contribution in [1.29, 1.82) is 0 Å². The topological polar surface area (TPSA) is 49.6 Å². The molecule has 1 aliphatic rings. The van der Waals surface area contributed by atoms with Crippen LogP contribution in [-0.2, 0) is 4.79 Å². The summed E-state index contributed by atoms with van der Waals surface area (Å²) >= 11 is 4.84. The standard InChI is InChI=1S/C15H29N3OS/c1-15(2)7-4-9-18(12-8-15)11-6-14(19)17(3)10-5-13(16)20/h4-12H2,1-3H3,(H2,16,20). The number of hydrogen-bond donors (Lipinski definition) is 1. The van der Waals surface area contributed by atoms with Gasteiger partial charge in [0.25, 0.3) is 0 Å². The fraction of sp³-hybridized carbons (Fsp3) is 0.867. The van der Waals surface area contributed by atoms with Crippen molar-refractivity contribution in [2.24, 2.45) is 11.1 Å². The summed E-state index contributed by atoms with van der Waals surface area (Å²) in [6.07, 6.45) is 4.94. The average molecular weight is 299 g/mol. The van der Waals surface area contributed by atoms with Crippen molar-refractivity contribution in [3.63, 3.8) is 0 Å². The van der Waals surface area contributed by atoms with Gasteiger partial charge < -0.3 is 15.5 Å². The Morgan fingerprint density at radius 1 is 1.30 bits per heavy atom. The molecule has 4 nitrogen and oxygen atoms in total. The van der Waals surface area contributed by atoms with Crippen molar-refractivity contribution >= 4 is 23.1 Å². The Hall–Kier alpha value is -0.680. The molecule has 0 atom stereocenters. The molecule has 116 valence electrons. The van der Waals surface area contributed by atoms with Crippen LogP contribution in [0.1, 0.15) is 46.0 Å². The second-order valence-corrected chi connectivity index (χ2v) is 7.17. The number of carbonyl (C=O) groups excluding carboxylic acids is 1. The second kappa shape index (κ2) is 7.93. The predicted octanol–water partition coefficient (Wildman–Crippen LogP) is 2.02. The van der Waals surface area contributed by atoms with Crippen molar-refractivity contribution in [2.75, 3.05) is 33.2 Å². The van der Waals surface area contributed by atoms with Crippen LogP contribution in [0.5, 0.6) is 0 Å². The Kier molecular flexibility index (Phi) is 6.89. The molecule has 1 rings (SSSR count). The van der Waals surface area contributed by atoms with E-state index in [4.69, 9.17) is 18.0 Å². The Morgan fingerprint density at radius 3 is 2.65 bits per heavy atom. The highest BCUT2D eigenvalue weighted by molar-refractivity contribution is 7.80. The molecule has 1 heterocycles. The number of hydrogen-bond acceptors (Lipinski definition) is 3. The third-order valence-electron chi connectivity index (χ3n) is 4.19. The Morgan fingerprint density at radius 2 is 2.00 bits per heavy atom. The first kappa shape index (κ1) is 17.4. The van der Waals surface area contributed by atoms with Gasteiger partial charge in [-0.25, -0.2) is 0 Å². The van der Waals surface area contributed by atoms with Crippen LogP contribution in [-0.4, -0.2) is 53.9 Å². The first-order chi connectivity index (χ1) is 9.30. The van der Waals surface area contributed by atoms with Gasteiger partial charge in [0.15, 0.2) is 0 Å². The summed E-state index contributed by atoms with van der Waals surface area (Å²) in [5.41, 5.74) is 5.91. The molecule has 0 aliphatic carbocycles. The van der Waals surface area contributed by atoms with Crippen LogP contribution in [0, 0.1) is 5.41 Å². The summed E-state index contributed by atoms with van der Waals surface area (Å²) < 4.78 is 0. The first-order valence-electron chi connectivity index (χ1n) is 7.55. The first-order valence-corrected chi connectivity index (χ1v) is 7.96. The van der Waals surface area contributed by atoms with E-state index >= 15 is 0 Å². The lowest BCUT2D eigenvalue weighted by Crippen LogP contribution is -2.34. The summed E-state index contributed by atoms with van der Waals surface area (Å²) in [6.45, 7) is 8.40. The molecular formula is C15H29N3OS. The smallest absolute Gasteiger partial charge is 0.223 e. The van der Waals surface area contributed by atoms with Crippen molar-refractivity contribution in [3.8, 4) is 0 Å². The Labute approximate surface area is 128 Å². The minimum Gasteiger partial charge on any atom is -0.393 e. The fourth-order valence-corrected chi connectivity index (χ4v) is 2.64. The van der Waals surface area contributed by atoms with Gasteiger partial charge in [-0.1, -0.05) is 26.1 Å². The molecule has 20 heavy (non-hydrogen) atoms. The highest BCUT2D eigenvalue weighted by Gasteiger charge is 2.23. The van der Waals surface area contributed by atoms with Gasteiger partial charge in [0.1, 0.15) is 0 Å². The number of rotatable bonds is 6. The van der Waals surface area contributed by atoms with E-state index in [1.807, 2.05) is 7.05 Å². The molecule has 0 aromatic heterocycles. The third kappa shape index (κ3) is 6.66. The van der Waals surface area contributed by atoms with E-state index in [1.165, 1.54) is 19.3 Å². The zero-order chi connectivity index (χ0) is 15.2. The molecule has 1 saturated heterocycles. The lowest BCUT2D eigenvalue weighted by molar-refractivity contribution is -0.130. The number of thiocarbonyl (C=S) groups is 1. The van der Waals surface area contributed by atoms with Crippen LogP contribution in [0.15, 0.2) is 0 Å². The molecule has 1 amide bonds. The molecule has 0 saturated carbocycles. The van der Waals surface area contributed by atoms with Gasteiger partial charge in [0, 0.05) is 33.0 Å². The summed E-state index contributed by atoms with van der Waals surface area (Å²) in [5, 5.41) is 0. The van der Waals surface area contributed by atoms with Gasteiger partial charge in [-0.3, -0.25) is 4.79 Å². The zero-order valence-electron chi connectivity index (χ0n) is 13.2. The highest BCUT2D eigenvalue weighted by Crippen LogP contribution is 2.29. The normalized spacial score (nSPS) is 19.4. The van der Waals surface area contributed by atoms with Gasteiger partial charge in [-0.05, 0) is 37.8 Å². The molecule has 0 spiro atoms. The summed E-state index contributed by atoms with van der Waals surface area (Å²) in [7, 11) is 1.83. The summed E-state index contributed by atoms with van der Waals surface area (Å²) in [6, 6.07) is 0. The lowest BCUT2D eigenvalue weighted by atomic mass is 9.85. The van der Waals surface area contributed by atoms with Gasteiger partial charge in [-0.2, -0.15) is 0 Å². The van der Waals surface area contributed by atoms with Gasteiger partial charge in [0.05, 0.1) is 4.99 Å². The molecule has 1 aliphatic heterocycles. The molecule has 0 radical (unpaired) electrons. The maximum absolute atomic E-state index is 12.0. The lowest BCUT2D eigenvalue weighted by Gasteiger charge is -2.24. The largest absolute Gasteiger partial charge is 0.393 e. The van der Waals surface area contributed by atoms with Crippen molar-refractivity contribution in [2.45, 2.75) is 46.0 Å². The number of amides is 1. The maximum Gasteiger partial charge on any atom is 0.223 e. The molecule has 0 bridgehead atoms. The van der Waals surface area contributed by atoms with E-state index in [2.05, 4.69) is 18.7 Å². The predicted molar refractivity (Wildman–Crippen MR) is 87.7 cm³/mol. The quantitative estimate of drug-likeness (QED) is 0.762. The van der Waals surface area contributed by atoms with Crippen LogP contribution < -0.4 is 5.73 Å². The molecule has 0 unspecified atom stereocenters. The Bertz CT molecular complexity index is 344. The van der Waals surface area contributed by atoms with Gasteiger partial charge in [-0.15, -0.1) is 0 Å². The number of nitrogens with two attached hydrogens (primary N) is 1. The highest BCUT2D eigenvalue weighted by atomic mass is 32.1. The summed E-state index contributed by atoms with van der Waals surface area (Å²) in [5.74, 6) is 0.185. The number of likely N-dealkylation sites (tertiary alicyclic amines) is 1. The van der Waals surface area contributed by atoms with Crippen molar-refractivity contribution in [1.82, 2.24) is 9.80 Å². The van der Waals surface area contributed by atoms with Gasteiger partial charge in [0.2, 0.25) is 5.91 Å². The molecule has 2 N–H and O–H groups in total.